The average molecular weight is 403 g/mol. The van der Waals surface area contributed by atoms with Gasteiger partial charge in [0, 0.05) is 18.2 Å². The Labute approximate surface area is 178 Å². The van der Waals surface area contributed by atoms with Crippen molar-refractivity contribution in [3.05, 3.63) is 89.6 Å². The first-order valence-corrected chi connectivity index (χ1v) is 9.75. The van der Waals surface area contributed by atoms with Crippen LogP contribution in [-0.2, 0) is 7.05 Å². The van der Waals surface area contributed by atoms with Crippen LogP contribution in [0.25, 0.3) is 46.0 Å². The van der Waals surface area contributed by atoms with Crippen molar-refractivity contribution in [1.82, 2.24) is 20.0 Å². The predicted octanol–water partition coefficient (Wildman–Crippen LogP) is 5.33. The fourth-order valence-corrected chi connectivity index (χ4v) is 3.35. The Morgan fingerprint density at radius 1 is 0.871 bits per heavy atom. The van der Waals surface area contributed by atoms with Crippen LogP contribution in [-0.4, -0.2) is 20.0 Å². The zero-order valence-corrected chi connectivity index (χ0v) is 16.7. The molecule has 3 aromatic carbocycles. The van der Waals surface area contributed by atoms with Gasteiger partial charge in [-0.05, 0) is 35.4 Å². The molecule has 5 aromatic rings. The molecule has 0 radical (unpaired) electrons. The molecule has 0 aliphatic carbocycles. The number of oxazole rings is 1. The van der Waals surface area contributed by atoms with Gasteiger partial charge in [0.2, 0.25) is 5.89 Å². The number of hydrogen-bond acceptors (Lipinski definition) is 5. The first-order valence-electron chi connectivity index (χ1n) is 9.75. The van der Waals surface area contributed by atoms with E-state index < -0.39 is 0 Å². The van der Waals surface area contributed by atoms with Crippen molar-refractivity contribution in [2.24, 2.45) is 7.05 Å². The minimum absolute atomic E-state index is 0.447. The molecule has 0 unspecified atom stereocenters. The van der Waals surface area contributed by atoms with Gasteiger partial charge in [0.1, 0.15) is 17.3 Å². The number of rotatable bonds is 4. The van der Waals surface area contributed by atoms with Crippen LogP contribution in [0, 0.1) is 11.3 Å². The molecular formula is C25H17N5O. The maximum Gasteiger partial charge on any atom is 0.227 e. The van der Waals surface area contributed by atoms with Gasteiger partial charge in [0.15, 0.2) is 11.3 Å². The van der Waals surface area contributed by atoms with Crippen LogP contribution >= 0.6 is 0 Å². The zero-order valence-electron chi connectivity index (χ0n) is 16.7. The number of aromatic nitrogens is 4. The summed E-state index contributed by atoms with van der Waals surface area (Å²) in [5, 5.41) is 17.3. The highest BCUT2D eigenvalue weighted by Crippen LogP contribution is 2.25. The SMILES string of the molecule is Cn1nnc(-c2ccc(/C=C/c3ccc(-c4nc5ccccc5o4)cc3)cc2)c1C#N. The van der Waals surface area contributed by atoms with E-state index in [4.69, 9.17) is 4.42 Å². The first-order chi connectivity index (χ1) is 15.2. The lowest BCUT2D eigenvalue weighted by molar-refractivity contribution is 0.620. The lowest BCUT2D eigenvalue weighted by atomic mass is 10.1. The minimum atomic E-state index is 0.447. The molecule has 0 aliphatic heterocycles. The Hall–Kier alpha value is -4.50. The van der Waals surface area contributed by atoms with Crippen LogP contribution in [0.1, 0.15) is 16.8 Å². The molecule has 0 saturated carbocycles. The highest BCUT2D eigenvalue weighted by Gasteiger charge is 2.11. The van der Waals surface area contributed by atoms with Crippen molar-refractivity contribution in [2.45, 2.75) is 0 Å². The number of para-hydroxylation sites is 2. The van der Waals surface area contributed by atoms with Gasteiger partial charge in [-0.2, -0.15) is 5.26 Å². The Balaban J connectivity index is 1.33. The van der Waals surface area contributed by atoms with E-state index in [1.54, 1.807) is 7.05 Å². The van der Waals surface area contributed by atoms with Crippen molar-refractivity contribution >= 4 is 23.3 Å². The van der Waals surface area contributed by atoms with Gasteiger partial charge < -0.3 is 4.42 Å². The van der Waals surface area contributed by atoms with E-state index in [0.29, 0.717) is 17.3 Å². The van der Waals surface area contributed by atoms with Gasteiger partial charge in [-0.3, -0.25) is 0 Å². The predicted molar refractivity (Wildman–Crippen MR) is 120 cm³/mol. The standard InChI is InChI=1S/C25H17N5O/c1-30-22(16-26)24(28-29-30)19-12-8-17(9-13-19)6-7-18-10-14-20(15-11-18)25-27-21-4-2-3-5-23(21)31-25/h2-15H,1H3/b7-6+. The Kier molecular flexibility index (Phi) is 4.62. The summed E-state index contributed by atoms with van der Waals surface area (Å²) in [6, 6.07) is 25.8. The van der Waals surface area contributed by atoms with Gasteiger partial charge in [-0.1, -0.05) is 65.9 Å². The molecule has 0 spiro atoms. The van der Waals surface area contributed by atoms with Gasteiger partial charge in [0.05, 0.1) is 0 Å². The van der Waals surface area contributed by atoms with E-state index in [1.807, 2.05) is 84.9 Å². The van der Waals surface area contributed by atoms with E-state index >= 15 is 0 Å². The monoisotopic (exact) mass is 403 g/mol. The molecular weight excluding hydrogens is 386 g/mol. The molecule has 0 aliphatic rings. The summed E-state index contributed by atoms with van der Waals surface area (Å²) in [6.45, 7) is 0. The second-order valence-electron chi connectivity index (χ2n) is 7.09. The third-order valence-corrected chi connectivity index (χ3v) is 5.04. The maximum absolute atomic E-state index is 9.27. The molecule has 0 saturated heterocycles. The molecule has 2 heterocycles. The molecule has 0 N–H and O–H groups in total. The molecule has 0 atom stereocenters. The van der Waals surface area contributed by atoms with Crippen molar-refractivity contribution < 1.29 is 4.42 Å². The topological polar surface area (TPSA) is 80.5 Å². The summed E-state index contributed by atoms with van der Waals surface area (Å²) < 4.78 is 7.31. The Morgan fingerprint density at radius 3 is 2.16 bits per heavy atom. The van der Waals surface area contributed by atoms with Crippen LogP contribution < -0.4 is 0 Å². The number of fused-ring (bicyclic) bond motifs is 1. The summed E-state index contributed by atoms with van der Waals surface area (Å²) in [5.41, 5.74) is 6.61. The van der Waals surface area contributed by atoms with Gasteiger partial charge >= 0.3 is 0 Å². The molecule has 6 nitrogen and oxygen atoms in total. The third-order valence-electron chi connectivity index (χ3n) is 5.04. The summed E-state index contributed by atoms with van der Waals surface area (Å²) in [4.78, 5) is 4.54. The number of aryl methyl sites for hydroxylation is 1. The second kappa shape index (κ2) is 7.73. The van der Waals surface area contributed by atoms with Crippen LogP contribution in [0.5, 0.6) is 0 Å². The maximum atomic E-state index is 9.27. The van der Waals surface area contributed by atoms with Crippen LogP contribution in [0.15, 0.2) is 77.2 Å². The summed E-state index contributed by atoms with van der Waals surface area (Å²) in [7, 11) is 1.71. The highest BCUT2D eigenvalue weighted by atomic mass is 16.3. The molecule has 0 fully saturated rings. The smallest absolute Gasteiger partial charge is 0.227 e. The molecule has 5 rings (SSSR count). The van der Waals surface area contributed by atoms with Crippen molar-refractivity contribution in [1.29, 1.82) is 5.26 Å². The van der Waals surface area contributed by atoms with E-state index in [0.717, 1.165) is 33.4 Å². The van der Waals surface area contributed by atoms with Crippen molar-refractivity contribution in [3.63, 3.8) is 0 Å². The van der Waals surface area contributed by atoms with E-state index in [-0.39, 0.29) is 0 Å². The first kappa shape index (κ1) is 18.5. The summed E-state index contributed by atoms with van der Waals surface area (Å²) in [5.74, 6) is 0.619. The number of nitrogens with zero attached hydrogens (tertiary/aromatic N) is 5. The fraction of sp³-hybridized carbons (Fsp3) is 0.0400. The lowest BCUT2D eigenvalue weighted by Crippen LogP contribution is -1.94. The summed E-state index contributed by atoms with van der Waals surface area (Å²) >= 11 is 0. The Bertz CT molecular complexity index is 1400. The van der Waals surface area contributed by atoms with Gasteiger partial charge in [0.25, 0.3) is 0 Å². The van der Waals surface area contributed by atoms with Gasteiger partial charge in [-0.25, -0.2) is 9.67 Å². The minimum Gasteiger partial charge on any atom is -0.436 e. The number of benzene rings is 3. The van der Waals surface area contributed by atoms with E-state index in [9.17, 15) is 5.26 Å². The molecule has 148 valence electrons. The molecule has 0 amide bonds. The van der Waals surface area contributed by atoms with Gasteiger partial charge in [-0.15, -0.1) is 5.10 Å². The number of hydrogen-bond donors (Lipinski definition) is 0. The van der Waals surface area contributed by atoms with Crippen molar-refractivity contribution in [2.75, 3.05) is 0 Å². The highest BCUT2D eigenvalue weighted by molar-refractivity contribution is 5.77. The van der Waals surface area contributed by atoms with Crippen LogP contribution in [0.2, 0.25) is 0 Å². The summed E-state index contributed by atoms with van der Waals surface area (Å²) in [6.07, 6.45) is 4.09. The zero-order chi connectivity index (χ0) is 21.2. The normalized spacial score (nSPS) is 11.2. The quantitative estimate of drug-likeness (QED) is 0.379. The van der Waals surface area contributed by atoms with Crippen LogP contribution in [0.4, 0.5) is 0 Å². The lowest BCUT2D eigenvalue weighted by Gasteiger charge is -2.00. The largest absolute Gasteiger partial charge is 0.436 e. The second-order valence-corrected chi connectivity index (χ2v) is 7.09. The van der Waals surface area contributed by atoms with E-state index in [1.165, 1.54) is 4.68 Å². The van der Waals surface area contributed by atoms with E-state index in [2.05, 4.69) is 21.4 Å². The Morgan fingerprint density at radius 2 is 1.52 bits per heavy atom. The third kappa shape index (κ3) is 3.61. The fourth-order valence-electron chi connectivity index (χ4n) is 3.35. The number of nitriles is 1. The van der Waals surface area contributed by atoms with Crippen LogP contribution in [0.3, 0.4) is 0 Å². The molecule has 0 bridgehead atoms. The van der Waals surface area contributed by atoms with Crippen molar-refractivity contribution in [3.8, 4) is 28.8 Å². The molecule has 31 heavy (non-hydrogen) atoms. The average Bonchev–Trinajstić information content (AvgIpc) is 3.41. The molecule has 6 heteroatoms. The molecule has 2 aromatic heterocycles.